The minimum Gasteiger partial charge on any atom is -0.493 e. The molecule has 0 unspecified atom stereocenters. The number of carbonyl (C=O) groups is 3. The molecule has 1 aromatic heterocycles. The minimum atomic E-state index is -0.866. The molecule has 11 heteroatoms. The largest absolute Gasteiger partial charge is 0.493 e. The number of ether oxygens (including phenoxy) is 1. The smallest absolute Gasteiger partial charge is 0.255 e. The molecule has 3 rings (SSSR count). The fourth-order valence-electron chi connectivity index (χ4n) is 2.82. The first-order valence-corrected chi connectivity index (χ1v) is 9.91. The number of nitrogens with zero attached hydrogens (tertiary/aromatic N) is 3. The number of nitrogens with one attached hydrogen (secondary N) is 3. The fourth-order valence-corrected chi connectivity index (χ4v) is 2.98. The molecule has 2 heterocycles. The Bertz CT molecular complexity index is 947. The quantitative estimate of drug-likeness (QED) is 0.558. The molecule has 0 saturated heterocycles. The van der Waals surface area contributed by atoms with Gasteiger partial charge in [0, 0.05) is 18.0 Å². The van der Waals surface area contributed by atoms with Gasteiger partial charge in [-0.3, -0.25) is 19.1 Å². The summed E-state index contributed by atoms with van der Waals surface area (Å²) in [5, 5.41) is 16.4. The van der Waals surface area contributed by atoms with Crippen LogP contribution in [0.25, 0.3) is 0 Å². The molecule has 2 atom stereocenters. The number of fused-ring (bicyclic) bond motifs is 3. The maximum Gasteiger partial charge on any atom is 0.255 e. The zero-order valence-electron chi connectivity index (χ0n) is 16.6. The van der Waals surface area contributed by atoms with Crippen LogP contribution in [0.4, 0.5) is 0 Å². The molecular formula is C19H23ClN6O4. The Morgan fingerprint density at radius 1 is 1.13 bits per heavy atom. The van der Waals surface area contributed by atoms with E-state index in [0.29, 0.717) is 36.0 Å². The molecule has 1 aromatic carbocycles. The van der Waals surface area contributed by atoms with Crippen LogP contribution in [-0.4, -0.2) is 51.4 Å². The van der Waals surface area contributed by atoms with Crippen molar-refractivity contribution in [2.24, 2.45) is 0 Å². The summed E-state index contributed by atoms with van der Waals surface area (Å²) in [4.78, 5) is 37.3. The third-order valence-corrected chi connectivity index (χ3v) is 4.74. The Kier molecular flexibility index (Phi) is 6.88. The predicted molar refractivity (Wildman–Crippen MR) is 108 cm³/mol. The lowest BCUT2D eigenvalue weighted by atomic mass is 10.1. The van der Waals surface area contributed by atoms with Crippen molar-refractivity contribution in [2.75, 3.05) is 6.61 Å². The lowest BCUT2D eigenvalue weighted by molar-refractivity contribution is -0.129. The van der Waals surface area contributed by atoms with Crippen molar-refractivity contribution in [1.29, 1.82) is 0 Å². The summed E-state index contributed by atoms with van der Waals surface area (Å²) in [5.74, 6) is -1.02. The van der Waals surface area contributed by atoms with Gasteiger partial charge in [0.15, 0.2) is 0 Å². The molecule has 30 heavy (non-hydrogen) atoms. The molecule has 0 fully saturated rings. The van der Waals surface area contributed by atoms with Gasteiger partial charge in [0.25, 0.3) is 5.91 Å². The van der Waals surface area contributed by atoms with Crippen molar-refractivity contribution < 1.29 is 19.1 Å². The highest BCUT2D eigenvalue weighted by Crippen LogP contribution is 2.24. The van der Waals surface area contributed by atoms with Crippen LogP contribution in [0.5, 0.6) is 5.75 Å². The lowest BCUT2D eigenvalue weighted by Crippen LogP contribution is -2.51. The second kappa shape index (κ2) is 9.57. The third kappa shape index (κ3) is 5.47. The zero-order valence-corrected chi connectivity index (χ0v) is 17.4. The Labute approximate surface area is 178 Å². The van der Waals surface area contributed by atoms with Crippen LogP contribution in [0.3, 0.4) is 0 Å². The summed E-state index contributed by atoms with van der Waals surface area (Å²) in [6.07, 6.45) is 2.34. The van der Waals surface area contributed by atoms with Gasteiger partial charge in [0.1, 0.15) is 23.5 Å². The summed E-state index contributed by atoms with van der Waals surface area (Å²) in [5.41, 5.74) is 0.857. The van der Waals surface area contributed by atoms with Gasteiger partial charge >= 0.3 is 0 Å². The molecule has 0 saturated carbocycles. The topological polar surface area (TPSA) is 127 Å². The maximum absolute atomic E-state index is 12.7. The van der Waals surface area contributed by atoms with E-state index in [9.17, 15) is 14.4 Å². The van der Waals surface area contributed by atoms with E-state index in [2.05, 4.69) is 26.3 Å². The van der Waals surface area contributed by atoms with E-state index in [1.165, 1.54) is 13.0 Å². The summed E-state index contributed by atoms with van der Waals surface area (Å²) in [6, 6.07) is 3.01. The molecular weight excluding hydrogens is 412 g/mol. The fraction of sp³-hybridized carbons (Fsp3) is 0.421. The molecule has 2 bridgehead atoms. The third-order valence-electron chi connectivity index (χ3n) is 4.50. The summed E-state index contributed by atoms with van der Waals surface area (Å²) < 4.78 is 7.41. The number of rotatable bonds is 0. The lowest BCUT2D eigenvalue weighted by Gasteiger charge is -2.19. The second-order valence-electron chi connectivity index (χ2n) is 6.96. The highest BCUT2D eigenvalue weighted by Gasteiger charge is 2.23. The molecule has 160 valence electrons. The molecule has 1 aliphatic rings. The van der Waals surface area contributed by atoms with Gasteiger partial charge in [-0.15, -0.1) is 5.10 Å². The molecule has 3 amide bonds. The van der Waals surface area contributed by atoms with Crippen LogP contribution >= 0.6 is 11.6 Å². The number of halogens is 1. The standard InChI is InChI=1S/C19H23ClN6O4/c1-11-17(27)21-9-14-10-26(25-24-14)6-3-7-30-16-8-13(20)4-5-15(16)19(29)23-12(2)18(28)22-11/h4-5,8,10-12H,3,6-7,9H2,1-2H3,(H,21,27)(H,22,28)(H,23,29)/t11-,12+/m1/s1. The molecule has 0 radical (unpaired) electrons. The Morgan fingerprint density at radius 3 is 2.70 bits per heavy atom. The number of hydrogen-bond acceptors (Lipinski definition) is 6. The van der Waals surface area contributed by atoms with E-state index < -0.39 is 23.9 Å². The normalized spacial score (nSPS) is 21.2. The number of benzene rings is 1. The highest BCUT2D eigenvalue weighted by molar-refractivity contribution is 6.30. The zero-order chi connectivity index (χ0) is 21.7. The van der Waals surface area contributed by atoms with Crippen molar-refractivity contribution in [3.63, 3.8) is 0 Å². The van der Waals surface area contributed by atoms with E-state index in [1.54, 1.807) is 29.9 Å². The number of aryl methyl sites for hydroxylation is 1. The minimum absolute atomic E-state index is 0.188. The Hall–Kier alpha value is -3.14. The Balaban J connectivity index is 1.82. The van der Waals surface area contributed by atoms with Gasteiger partial charge in [-0.25, -0.2) is 0 Å². The van der Waals surface area contributed by atoms with E-state index in [-0.39, 0.29) is 18.0 Å². The molecule has 0 aliphatic carbocycles. The summed E-state index contributed by atoms with van der Waals surface area (Å²) in [6.45, 7) is 4.15. The first-order valence-electron chi connectivity index (χ1n) is 9.54. The molecule has 3 N–H and O–H groups in total. The molecule has 2 aromatic rings. The maximum atomic E-state index is 12.7. The SMILES string of the molecule is C[C@@H]1NC(=O)c2ccc(Cl)cc2OCCCn2cc(nn2)CNC(=O)[C@@H](C)NC1=O. The van der Waals surface area contributed by atoms with Gasteiger partial charge in [0.2, 0.25) is 11.8 Å². The van der Waals surface area contributed by atoms with Gasteiger partial charge in [0.05, 0.1) is 24.9 Å². The van der Waals surface area contributed by atoms with E-state index >= 15 is 0 Å². The first-order chi connectivity index (χ1) is 14.3. The van der Waals surface area contributed by atoms with Crippen LogP contribution in [0, 0.1) is 0 Å². The van der Waals surface area contributed by atoms with Crippen LogP contribution in [-0.2, 0) is 22.7 Å². The van der Waals surface area contributed by atoms with Gasteiger partial charge in [-0.1, -0.05) is 16.8 Å². The number of amides is 3. The second-order valence-corrected chi connectivity index (χ2v) is 7.40. The molecule has 0 spiro atoms. The van der Waals surface area contributed by atoms with Crippen LogP contribution in [0.1, 0.15) is 36.3 Å². The number of aromatic nitrogens is 3. The van der Waals surface area contributed by atoms with Gasteiger partial charge in [-0.2, -0.15) is 0 Å². The molecule has 1 aliphatic heterocycles. The Morgan fingerprint density at radius 2 is 1.90 bits per heavy atom. The number of carbonyl (C=O) groups excluding carboxylic acids is 3. The first kappa shape index (κ1) is 21.6. The van der Waals surface area contributed by atoms with E-state index in [0.717, 1.165) is 0 Å². The average Bonchev–Trinajstić information content (AvgIpc) is 3.16. The predicted octanol–water partition coefficient (Wildman–Crippen LogP) is 0.653. The van der Waals surface area contributed by atoms with Crippen LogP contribution < -0.4 is 20.7 Å². The van der Waals surface area contributed by atoms with Crippen molar-refractivity contribution in [3.05, 3.63) is 40.7 Å². The number of hydrogen-bond donors (Lipinski definition) is 3. The van der Waals surface area contributed by atoms with Crippen LogP contribution in [0.15, 0.2) is 24.4 Å². The molecule has 10 nitrogen and oxygen atoms in total. The van der Waals surface area contributed by atoms with E-state index in [1.807, 2.05) is 0 Å². The average molecular weight is 435 g/mol. The van der Waals surface area contributed by atoms with Gasteiger partial charge < -0.3 is 20.7 Å². The summed E-state index contributed by atoms with van der Waals surface area (Å²) in [7, 11) is 0. The van der Waals surface area contributed by atoms with Crippen LogP contribution in [0.2, 0.25) is 5.02 Å². The highest BCUT2D eigenvalue weighted by atomic mass is 35.5. The monoisotopic (exact) mass is 434 g/mol. The summed E-state index contributed by atoms with van der Waals surface area (Å²) >= 11 is 6.05. The van der Waals surface area contributed by atoms with E-state index in [4.69, 9.17) is 16.3 Å². The van der Waals surface area contributed by atoms with Crippen molar-refractivity contribution in [1.82, 2.24) is 30.9 Å². The van der Waals surface area contributed by atoms with Crippen molar-refractivity contribution in [3.8, 4) is 5.75 Å². The van der Waals surface area contributed by atoms with Gasteiger partial charge in [-0.05, 0) is 32.0 Å². The van der Waals surface area contributed by atoms with Crippen molar-refractivity contribution >= 4 is 29.3 Å². The van der Waals surface area contributed by atoms with Crippen molar-refractivity contribution in [2.45, 2.75) is 45.4 Å².